The minimum Gasteiger partial charge on any atom is -0.448 e. The van der Waals surface area contributed by atoms with E-state index in [2.05, 4.69) is 9.47 Å². The monoisotopic (exact) mass is 232 g/mol. The molecule has 0 aliphatic heterocycles. The molecule has 0 aliphatic rings. The number of nitrogens with two attached hydrogens (primary N) is 2. The Bertz CT molecular complexity index is 294. The molecule has 0 aromatic heterocycles. The zero-order valence-electron chi connectivity index (χ0n) is 8.76. The number of hydrogen-bond acceptors (Lipinski definition) is 6. The van der Waals surface area contributed by atoms with Gasteiger partial charge in [-0.2, -0.15) is 0 Å². The van der Waals surface area contributed by atoms with E-state index < -0.39 is 36.0 Å². The second kappa shape index (κ2) is 5.69. The molecule has 90 valence electrons. The lowest BCUT2D eigenvalue weighted by Gasteiger charge is -2.20. The van der Waals surface area contributed by atoms with E-state index in [0.29, 0.717) is 0 Å². The van der Waals surface area contributed by atoms with Crippen molar-refractivity contribution >= 4 is 23.8 Å². The SMILES string of the molecule is CC(=O)O[C@@H](C(N)=O)[C@@H](OC(C)=O)C(N)=O. The quantitative estimate of drug-likeness (QED) is 0.516. The van der Waals surface area contributed by atoms with Gasteiger partial charge in [0.1, 0.15) is 0 Å². The van der Waals surface area contributed by atoms with Gasteiger partial charge in [-0.1, -0.05) is 0 Å². The van der Waals surface area contributed by atoms with Crippen molar-refractivity contribution in [1.29, 1.82) is 0 Å². The molecular weight excluding hydrogens is 220 g/mol. The molecule has 2 amide bonds. The van der Waals surface area contributed by atoms with Crippen LogP contribution in [-0.4, -0.2) is 36.0 Å². The molecule has 0 aliphatic carbocycles. The topological polar surface area (TPSA) is 139 Å². The highest BCUT2D eigenvalue weighted by molar-refractivity contribution is 5.92. The highest BCUT2D eigenvalue weighted by Gasteiger charge is 2.36. The third kappa shape index (κ3) is 4.40. The van der Waals surface area contributed by atoms with Crippen molar-refractivity contribution in [3.8, 4) is 0 Å². The standard InChI is InChI=1S/C8H12N2O6/c1-3(11)15-5(7(9)13)6(8(10)14)16-4(2)12/h5-6H,1-2H3,(H2,9,13)(H2,10,14)/t5-,6-/m1/s1. The van der Waals surface area contributed by atoms with Crippen LogP contribution in [0.5, 0.6) is 0 Å². The Morgan fingerprint density at radius 3 is 1.19 bits per heavy atom. The summed E-state index contributed by atoms with van der Waals surface area (Å²) in [7, 11) is 0. The molecule has 0 spiro atoms. The molecule has 0 heterocycles. The molecule has 8 heteroatoms. The number of hydrogen-bond donors (Lipinski definition) is 2. The van der Waals surface area contributed by atoms with Gasteiger partial charge in [0.05, 0.1) is 0 Å². The number of esters is 2. The van der Waals surface area contributed by atoms with Gasteiger partial charge < -0.3 is 20.9 Å². The van der Waals surface area contributed by atoms with Crippen LogP contribution in [0, 0.1) is 0 Å². The zero-order chi connectivity index (χ0) is 12.9. The van der Waals surface area contributed by atoms with Gasteiger partial charge in [0.2, 0.25) is 12.2 Å². The van der Waals surface area contributed by atoms with E-state index >= 15 is 0 Å². The average Bonchev–Trinajstić information content (AvgIpc) is 2.09. The smallest absolute Gasteiger partial charge is 0.303 e. The Kier molecular flexibility index (Phi) is 4.93. The summed E-state index contributed by atoms with van der Waals surface area (Å²) in [6.07, 6.45) is -3.45. The summed E-state index contributed by atoms with van der Waals surface area (Å²) in [6.45, 7) is 2.00. The highest BCUT2D eigenvalue weighted by atomic mass is 16.6. The van der Waals surface area contributed by atoms with E-state index in [1.54, 1.807) is 0 Å². The fourth-order valence-corrected chi connectivity index (χ4v) is 0.896. The first-order valence-electron chi connectivity index (χ1n) is 4.18. The first kappa shape index (κ1) is 13.9. The molecule has 0 radical (unpaired) electrons. The summed E-state index contributed by atoms with van der Waals surface area (Å²) in [4.78, 5) is 43.1. The number of carbonyl (C=O) groups is 4. The van der Waals surface area contributed by atoms with Crippen molar-refractivity contribution in [2.75, 3.05) is 0 Å². The number of rotatable bonds is 5. The first-order valence-corrected chi connectivity index (χ1v) is 4.18. The molecule has 16 heavy (non-hydrogen) atoms. The lowest BCUT2D eigenvalue weighted by molar-refractivity contribution is -0.172. The second-order valence-electron chi connectivity index (χ2n) is 2.86. The van der Waals surface area contributed by atoms with Gasteiger partial charge in [0.15, 0.2) is 0 Å². The van der Waals surface area contributed by atoms with E-state index in [9.17, 15) is 19.2 Å². The summed E-state index contributed by atoms with van der Waals surface area (Å²) < 4.78 is 8.89. The van der Waals surface area contributed by atoms with Crippen LogP contribution in [0.3, 0.4) is 0 Å². The number of amides is 2. The van der Waals surface area contributed by atoms with E-state index in [1.165, 1.54) is 0 Å². The number of ether oxygens (including phenoxy) is 2. The largest absolute Gasteiger partial charge is 0.448 e. The predicted octanol–water partition coefficient (Wildman–Crippen LogP) is -2.18. The molecular formula is C8H12N2O6. The molecule has 0 fully saturated rings. The molecule has 2 atom stereocenters. The lowest BCUT2D eigenvalue weighted by Crippen LogP contribution is -2.50. The summed E-state index contributed by atoms with van der Waals surface area (Å²) in [5.41, 5.74) is 9.77. The normalized spacial score (nSPS) is 13.4. The van der Waals surface area contributed by atoms with E-state index in [0.717, 1.165) is 13.8 Å². The maximum absolute atomic E-state index is 10.9. The molecule has 0 saturated carbocycles. The van der Waals surface area contributed by atoms with E-state index in [-0.39, 0.29) is 0 Å². The summed E-state index contributed by atoms with van der Waals surface area (Å²) in [6, 6.07) is 0. The van der Waals surface area contributed by atoms with Gasteiger partial charge >= 0.3 is 11.9 Å². The summed E-state index contributed by atoms with van der Waals surface area (Å²) in [5, 5.41) is 0. The van der Waals surface area contributed by atoms with Crippen LogP contribution in [0.15, 0.2) is 0 Å². The maximum Gasteiger partial charge on any atom is 0.303 e. The van der Waals surface area contributed by atoms with Crippen molar-refractivity contribution in [3.63, 3.8) is 0 Å². The Morgan fingerprint density at radius 2 is 1.06 bits per heavy atom. The van der Waals surface area contributed by atoms with Gasteiger partial charge in [-0.3, -0.25) is 19.2 Å². The Morgan fingerprint density at radius 1 is 0.812 bits per heavy atom. The molecule has 0 bridgehead atoms. The lowest BCUT2D eigenvalue weighted by atomic mass is 10.2. The van der Waals surface area contributed by atoms with Crippen LogP contribution < -0.4 is 11.5 Å². The van der Waals surface area contributed by atoms with E-state index in [1.807, 2.05) is 0 Å². The third-order valence-corrected chi connectivity index (χ3v) is 1.42. The van der Waals surface area contributed by atoms with Crippen LogP contribution in [0.4, 0.5) is 0 Å². The van der Waals surface area contributed by atoms with Crippen LogP contribution in [-0.2, 0) is 28.7 Å². The minimum atomic E-state index is -1.72. The van der Waals surface area contributed by atoms with Crippen LogP contribution >= 0.6 is 0 Å². The van der Waals surface area contributed by atoms with Crippen molar-refractivity contribution in [3.05, 3.63) is 0 Å². The fourth-order valence-electron chi connectivity index (χ4n) is 0.896. The zero-order valence-corrected chi connectivity index (χ0v) is 8.76. The predicted molar refractivity (Wildman–Crippen MR) is 49.5 cm³/mol. The molecule has 0 aromatic rings. The Labute approximate surface area is 90.8 Å². The Hall–Kier alpha value is -2.12. The van der Waals surface area contributed by atoms with Gasteiger partial charge in [0.25, 0.3) is 11.8 Å². The molecule has 0 rings (SSSR count). The summed E-state index contributed by atoms with van der Waals surface area (Å²) >= 11 is 0. The van der Waals surface area contributed by atoms with Gasteiger partial charge in [-0.15, -0.1) is 0 Å². The van der Waals surface area contributed by atoms with Crippen molar-refractivity contribution in [2.24, 2.45) is 11.5 Å². The van der Waals surface area contributed by atoms with Gasteiger partial charge in [-0.05, 0) is 0 Å². The third-order valence-electron chi connectivity index (χ3n) is 1.42. The van der Waals surface area contributed by atoms with Crippen LogP contribution in [0.1, 0.15) is 13.8 Å². The fraction of sp³-hybridized carbons (Fsp3) is 0.500. The van der Waals surface area contributed by atoms with Crippen LogP contribution in [0.25, 0.3) is 0 Å². The van der Waals surface area contributed by atoms with Gasteiger partial charge in [0, 0.05) is 13.8 Å². The Balaban J connectivity index is 4.93. The number of primary amides is 2. The number of carbonyl (C=O) groups excluding carboxylic acids is 4. The first-order chi connectivity index (χ1) is 7.25. The molecule has 0 saturated heterocycles. The molecule has 8 nitrogen and oxygen atoms in total. The van der Waals surface area contributed by atoms with E-state index in [4.69, 9.17) is 11.5 Å². The van der Waals surface area contributed by atoms with Crippen molar-refractivity contribution in [1.82, 2.24) is 0 Å². The molecule has 0 aromatic carbocycles. The second-order valence-corrected chi connectivity index (χ2v) is 2.86. The maximum atomic E-state index is 10.9. The van der Waals surface area contributed by atoms with Crippen molar-refractivity contribution < 1.29 is 28.7 Å². The molecule has 4 N–H and O–H groups in total. The van der Waals surface area contributed by atoms with Gasteiger partial charge in [-0.25, -0.2) is 0 Å². The van der Waals surface area contributed by atoms with Crippen LogP contribution in [0.2, 0.25) is 0 Å². The average molecular weight is 232 g/mol. The summed E-state index contributed by atoms with van der Waals surface area (Å²) in [5.74, 6) is -4.00. The molecule has 0 unspecified atom stereocenters. The minimum absolute atomic E-state index is 0.859. The van der Waals surface area contributed by atoms with Crippen molar-refractivity contribution in [2.45, 2.75) is 26.1 Å². The highest BCUT2D eigenvalue weighted by Crippen LogP contribution is 2.05.